The lowest BCUT2D eigenvalue weighted by atomic mass is 10.2. The Hall–Kier alpha value is -2.94. The van der Waals surface area contributed by atoms with Crippen molar-refractivity contribution in [3.05, 3.63) is 42.0 Å². The van der Waals surface area contributed by atoms with E-state index in [0.717, 1.165) is 0 Å². The predicted octanol–water partition coefficient (Wildman–Crippen LogP) is 2.59. The summed E-state index contributed by atoms with van der Waals surface area (Å²) in [5.74, 6) is 0.830. The third-order valence-electron chi connectivity index (χ3n) is 3.54. The molecule has 3 rings (SSSR count). The highest BCUT2D eigenvalue weighted by Gasteiger charge is 2.31. The van der Waals surface area contributed by atoms with Crippen molar-refractivity contribution in [1.29, 1.82) is 0 Å². The summed E-state index contributed by atoms with van der Waals surface area (Å²) < 4.78 is 45.4. The average Bonchev–Trinajstić information content (AvgIpc) is 2.94. The smallest absolute Gasteiger partial charge is 0.497 e. The Labute approximate surface area is 143 Å². The summed E-state index contributed by atoms with van der Waals surface area (Å²) in [4.78, 5) is 10.7. The summed E-state index contributed by atoms with van der Waals surface area (Å²) >= 11 is 0. The van der Waals surface area contributed by atoms with Crippen LogP contribution in [0.1, 0.15) is 5.56 Å². The van der Waals surface area contributed by atoms with Gasteiger partial charge < -0.3 is 24.1 Å². The van der Waals surface area contributed by atoms with Crippen LogP contribution in [-0.4, -0.2) is 33.3 Å². The Balaban J connectivity index is 1.97. The van der Waals surface area contributed by atoms with Crippen LogP contribution in [-0.2, 0) is 14.6 Å². The third-order valence-corrected chi connectivity index (χ3v) is 5.46. The summed E-state index contributed by atoms with van der Waals surface area (Å²) in [5, 5.41) is 8.59. The van der Waals surface area contributed by atoms with Gasteiger partial charge in [0, 0.05) is 6.07 Å². The molecule has 0 fully saturated rings. The van der Waals surface area contributed by atoms with Gasteiger partial charge in [-0.05, 0) is 42.8 Å². The monoisotopic (exact) mass is 366 g/mol. The molecule has 0 spiro atoms. The molecule has 1 aliphatic heterocycles. The second-order valence-electron chi connectivity index (χ2n) is 5.15. The molecule has 25 heavy (non-hydrogen) atoms. The normalized spacial score (nSPS) is 15.7. The fourth-order valence-electron chi connectivity index (χ4n) is 2.36. The molecule has 2 aromatic rings. The van der Waals surface area contributed by atoms with Crippen molar-refractivity contribution in [2.75, 3.05) is 7.11 Å². The van der Waals surface area contributed by atoms with E-state index in [9.17, 15) is 13.2 Å². The minimum absolute atomic E-state index is 0.0241. The topological polar surface area (TPSA) is 108 Å². The van der Waals surface area contributed by atoms with E-state index in [1.807, 2.05) is 0 Å². The lowest BCUT2D eigenvalue weighted by Gasteiger charge is -2.09. The number of rotatable bonds is 4. The predicted molar refractivity (Wildman–Crippen MR) is 83.8 cm³/mol. The molecular weight excluding hydrogens is 352 g/mol. The standard InChI is InChI=1S/C16H14O8S/c1-9-7-12-13(23-16(22-12)24-15(17)18)8-14(9)25(19,20)11-5-3-10(21-2)4-6-11/h3-8,16H,1-2H3,(H,17,18). The van der Waals surface area contributed by atoms with Crippen LogP contribution in [0.3, 0.4) is 0 Å². The average molecular weight is 366 g/mol. The van der Waals surface area contributed by atoms with Crippen LogP contribution in [0.25, 0.3) is 0 Å². The quantitative estimate of drug-likeness (QED) is 0.823. The first-order valence-electron chi connectivity index (χ1n) is 7.08. The lowest BCUT2D eigenvalue weighted by molar-refractivity contribution is -0.147. The molecule has 1 N–H and O–H groups in total. The van der Waals surface area contributed by atoms with Crippen molar-refractivity contribution in [3.8, 4) is 17.2 Å². The first-order valence-corrected chi connectivity index (χ1v) is 8.56. The number of hydrogen-bond donors (Lipinski definition) is 1. The van der Waals surface area contributed by atoms with Gasteiger partial charge in [-0.15, -0.1) is 0 Å². The van der Waals surface area contributed by atoms with Gasteiger partial charge in [0.2, 0.25) is 9.84 Å². The van der Waals surface area contributed by atoms with Gasteiger partial charge in [0.25, 0.3) is 0 Å². The van der Waals surface area contributed by atoms with Crippen molar-refractivity contribution < 1.29 is 37.3 Å². The van der Waals surface area contributed by atoms with Crippen LogP contribution in [0.4, 0.5) is 4.79 Å². The molecule has 0 aromatic heterocycles. The summed E-state index contributed by atoms with van der Waals surface area (Å²) in [6.45, 7) is 0.136. The van der Waals surface area contributed by atoms with E-state index in [1.165, 1.54) is 31.4 Å². The Morgan fingerprint density at radius 2 is 1.72 bits per heavy atom. The van der Waals surface area contributed by atoms with E-state index in [1.54, 1.807) is 19.1 Å². The molecule has 9 heteroatoms. The van der Waals surface area contributed by atoms with Gasteiger partial charge in [-0.1, -0.05) is 0 Å². The van der Waals surface area contributed by atoms with Gasteiger partial charge in [-0.25, -0.2) is 13.2 Å². The van der Waals surface area contributed by atoms with Crippen LogP contribution in [0.2, 0.25) is 0 Å². The minimum Gasteiger partial charge on any atom is -0.497 e. The largest absolute Gasteiger partial charge is 0.511 e. The van der Waals surface area contributed by atoms with E-state index >= 15 is 0 Å². The summed E-state index contributed by atoms with van der Waals surface area (Å²) in [7, 11) is -2.32. The number of fused-ring (bicyclic) bond motifs is 1. The van der Waals surface area contributed by atoms with E-state index in [0.29, 0.717) is 11.3 Å². The zero-order chi connectivity index (χ0) is 18.2. The first-order chi connectivity index (χ1) is 11.8. The molecule has 0 radical (unpaired) electrons. The van der Waals surface area contributed by atoms with Crippen molar-refractivity contribution in [3.63, 3.8) is 0 Å². The Morgan fingerprint density at radius 3 is 2.28 bits per heavy atom. The first kappa shape index (κ1) is 16.9. The van der Waals surface area contributed by atoms with Crippen LogP contribution in [0.5, 0.6) is 17.2 Å². The van der Waals surface area contributed by atoms with E-state index in [-0.39, 0.29) is 21.3 Å². The maximum atomic E-state index is 12.9. The molecule has 1 heterocycles. The van der Waals surface area contributed by atoms with Crippen molar-refractivity contribution in [2.24, 2.45) is 0 Å². The van der Waals surface area contributed by atoms with Crippen LogP contribution in [0, 0.1) is 6.92 Å². The highest BCUT2D eigenvalue weighted by Crippen LogP contribution is 2.40. The summed E-state index contributed by atoms with van der Waals surface area (Å²) in [6.07, 6.45) is -1.57. The maximum absolute atomic E-state index is 12.9. The molecule has 8 nitrogen and oxygen atoms in total. The van der Waals surface area contributed by atoms with Gasteiger partial charge in [-0.2, -0.15) is 0 Å². The molecule has 132 valence electrons. The number of hydrogen-bond acceptors (Lipinski definition) is 7. The fourth-order valence-corrected chi connectivity index (χ4v) is 3.85. The van der Waals surface area contributed by atoms with Gasteiger partial charge in [0.05, 0.1) is 16.9 Å². The molecule has 2 aromatic carbocycles. The van der Waals surface area contributed by atoms with Gasteiger partial charge in [0.15, 0.2) is 11.5 Å². The fraction of sp³-hybridized carbons (Fsp3) is 0.188. The molecule has 1 atom stereocenters. The zero-order valence-electron chi connectivity index (χ0n) is 13.3. The minimum atomic E-state index is -3.80. The zero-order valence-corrected chi connectivity index (χ0v) is 14.1. The third kappa shape index (κ3) is 3.18. The van der Waals surface area contributed by atoms with E-state index in [4.69, 9.17) is 19.3 Å². The Morgan fingerprint density at radius 1 is 1.12 bits per heavy atom. The van der Waals surface area contributed by atoms with E-state index in [2.05, 4.69) is 4.74 Å². The number of benzene rings is 2. The van der Waals surface area contributed by atoms with Crippen molar-refractivity contribution in [1.82, 2.24) is 0 Å². The number of ether oxygens (including phenoxy) is 4. The SMILES string of the molecule is COc1ccc(S(=O)(=O)c2cc3c(cc2C)OC(OC(=O)O)O3)cc1. The van der Waals surface area contributed by atoms with E-state index < -0.39 is 22.5 Å². The molecule has 1 unspecified atom stereocenters. The van der Waals surface area contributed by atoms with Crippen molar-refractivity contribution in [2.45, 2.75) is 23.2 Å². The van der Waals surface area contributed by atoms with Gasteiger partial charge in [-0.3, -0.25) is 0 Å². The van der Waals surface area contributed by atoms with Gasteiger partial charge in [0.1, 0.15) is 5.75 Å². The number of aryl methyl sites for hydroxylation is 1. The molecule has 0 bridgehead atoms. The Bertz CT molecular complexity index is 918. The van der Waals surface area contributed by atoms with Crippen LogP contribution in [0.15, 0.2) is 46.2 Å². The maximum Gasteiger partial charge on any atom is 0.511 e. The highest BCUT2D eigenvalue weighted by molar-refractivity contribution is 7.91. The van der Waals surface area contributed by atoms with Crippen LogP contribution >= 0.6 is 0 Å². The number of carbonyl (C=O) groups is 1. The second-order valence-corrected chi connectivity index (χ2v) is 7.07. The molecular formula is C16H14O8S. The highest BCUT2D eigenvalue weighted by atomic mass is 32.2. The second kappa shape index (κ2) is 6.17. The van der Waals surface area contributed by atoms with Crippen molar-refractivity contribution >= 4 is 16.0 Å². The number of sulfone groups is 1. The van der Waals surface area contributed by atoms with Crippen LogP contribution < -0.4 is 14.2 Å². The number of methoxy groups -OCH3 is 1. The lowest BCUT2D eigenvalue weighted by Crippen LogP contribution is -2.24. The molecule has 0 aliphatic carbocycles. The molecule has 0 saturated carbocycles. The van der Waals surface area contributed by atoms with Gasteiger partial charge >= 0.3 is 12.6 Å². The number of carboxylic acid groups (broad SMARTS) is 1. The summed E-state index contributed by atoms with van der Waals surface area (Å²) in [6, 6.07) is 8.72. The Kier molecular flexibility index (Phi) is 4.17. The molecule has 0 saturated heterocycles. The summed E-state index contributed by atoms with van der Waals surface area (Å²) in [5.41, 5.74) is 0.425. The molecule has 0 amide bonds. The molecule has 1 aliphatic rings.